The van der Waals surface area contributed by atoms with Gasteiger partial charge in [0.1, 0.15) is 17.3 Å². The van der Waals surface area contributed by atoms with Gasteiger partial charge >= 0.3 is 0 Å². The molecule has 1 atom stereocenters. The highest BCUT2D eigenvalue weighted by Crippen LogP contribution is 2.33. The average molecular weight is 326 g/mol. The Morgan fingerprint density at radius 2 is 2.05 bits per heavy atom. The van der Waals surface area contributed by atoms with E-state index >= 15 is 0 Å². The van der Waals surface area contributed by atoms with Crippen LogP contribution in [0.3, 0.4) is 0 Å². The maximum Gasteiger partial charge on any atom is 0.136 e. The summed E-state index contributed by atoms with van der Waals surface area (Å²) < 4.78 is 13.2. The van der Waals surface area contributed by atoms with Gasteiger partial charge in [-0.25, -0.2) is 4.68 Å². The summed E-state index contributed by atoms with van der Waals surface area (Å²) in [6.45, 7) is 2.01. The molecule has 0 aliphatic heterocycles. The van der Waals surface area contributed by atoms with E-state index in [1.165, 1.54) is 0 Å². The second kappa shape index (κ2) is 5.52. The van der Waals surface area contributed by atoms with E-state index in [0.717, 1.165) is 21.5 Å². The van der Waals surface area contributed by atoms with Crippen molar-refractivity contribution in [2.45, 2.75) is 13.0 Å². The van der Waals surface area contributed by atoms with E-state index < -0.39 is 0 Å². The van der Waals surface area contributed by atoms with Crippen molar-refractivity contribution in [3.05, 3.63) is 34.4 Å². The Hall–Kier alpha value is -1.69. The molecule has 0 bridgehead atoms. The van der Waals surface area contributed by atoms with E-state index in [2.05, 4.69) is 21.0 Å². The predicted molar refractivity (Wildman–Crippen MR) is 77.7 cm³/mol. The van der Waals surface area contributed by atoms with Crippen LogP contribution in [0.15, 0.2) is 28.9 Å². The van der Waals surface area contributed by atoms with Gasteiger partial charge in [-0.1, -0.05) is 0 Å². The third kappa shape index (κ3) is 2.53. The van der Waals surface area contributed by atoms with Crippen LogP contribution in [-0.4, -0.2) is 24.0 Å². The number of nitrogens with two attached hydrogens (primary N) is 1. The molecular formula is C13H16BrN3O2. The third-order valence-corrected chi connectivity index (χ3v) is 3.65. The molecule has 6 heteroatoms. The van der Waals surface area contributed by atoms with Gasteiger partial charge in [0.05, 0.1) is 30.9 Å². The van der Waals surface area contributed by atoms with Crippen LogP contribution in [0.25, 0.3) is 0 Å². The van der Waals surface area contributed by atoms with Crippen LogP contribution in [0.1, 0.15) is 18.5 Å². The van der Waals surface area contributed by atoms with E-state index in [1.807, 2.05) is 25.1 Å². The smallest absolute Gasteiger partial charge is 0.136 e. The van der Waals surface area contributed by atoms with Gasteiger partial charge in [0.2, 0.25) is 0 Å². The van der Waals surface area contributed by atoms with Crippen molar-refractivity contribution >= 4 is 21.7 Å². The van der Waals surface area contributed by atoms with Crippen molar-refractivity contribution < 1.29 is 9.47 Å². The first kappa shape index (κ1) is 13.7. The fraction of sp³-hybridized carbons (Fsp3) is 0.308. The molecule has 19 heavy (non-hydrogen) atoms. The van der Waals surface area contributed by atoms with Gasteiger partial charge in [0, 0.05) is 5.56 Å². The molecule has 0 amide bonds. The summed E-state index contributed by atoms with van der Waals surface area (Å²) >= 11 is 3.36. The Morgan fingerprint density at radius 3 is 2.58 bits per heavy atom. The van der Waals surface area contributed by atoms with Gasteiger partial charge in [-0.15, -0.1) is 0 Å². The Balaban J connectivity index is 2.47. The lowest BCUT2D eigenvalue weighted by Crippen LogP contribution is -2.12. The van der Waals surface area contributed by atoms with Gasteiger partial charge in [-0.2, -0.15) is 5.10 Å². The first-order chi connectivity index (χ1) is 9.08. The lowest BCUT2D eigenvalue weighted by atomic mass is 10.1. The first-order valence-electron chi connectivity index (χ1n) is 5.79. The number of ether oxygens (including phenoxy) is 2. The lowest BCUT2D eigenvalue weighted by Gasteiger charge is -2.18. The van der Waals surface area contributed by atoms with Gasteiger partial charge in [0.25, 0.3) is 0 Å². The fourth-order valence-corrected chi connectivity index (χ4v) is 2.23. The minimum atomic E-state index is -0.0589. The summed E-state index contributed by atoms with van der Waals surface area (Å²) in [5.41, 5.74) is 6.95. The molecule has 0 aliphatic rings. The highest BCUT2D eigenvalue weighted by molar-refractivity contribution is 9.10. The van der Waals surface area contributed by atoms with Crippen LogP contribution >= 0.6 is 15.9 Å². The van der Waals surface area contributed by atoms with Crippen LogP contribution in [0.5, 0.6) is 11.5 Å². The topological polar surface area (TPSA) is 62.3 Å². The highest BCUT2D eigenvalue weighted by atomic mass is 79.9. The number of aromatic nitrogens is 2. The van der Waals surface area contributed by atoms with Gasteiger partial charge < -0.3 is 15.2 Å². The Bertz CT molecular complexity index is 583. The number of hydrogen-bond acceptors (Lipinski definition) is 4. The molecule has 1 heterocycles. The van der Waals surface area contributed by atoms with E-state index in [9.17, 15) is 0 Å². The number of rotatable bonds is 4. The molecular weight excluding hydrogens is 310 g/mol. The quantitative estimate of drug-likeness (QED) is 0.938. The maximum atomic E-state index is 5.98. The molecule has 0 radical (unpaired) electrons. The minimum absolute atomic E-state index is 0.0589. The van der Waals surface area contributed by atoms with E-state index in [0.29, 0.717) is 5.82 Å². The van der Waals surface area contributed by atoms with Crippen molar-refractivity contribution in [3.8, 4) is 11.5 Å². The average Bonchev–Trinajstić information content (AvgIpc) is 2.77. The normalized spacial score (nSPS) is 12.2. The molecule has 0 aliphatic carbocycles. The number of hydrogen-bond donors (Lipinski definition) is 1. The van der Waals surface area contributed by atoms with Crippen molar-refractivity contribution in [3.63, 3.8) is 0 Å². The Kier molecular flexibility index (Phi) is 3.99. The molecule has 102 valence electrons. The van der Waals surface area contributed by atoms with E-state index in [4.69, 9.17) is 15.2 Å². The highest BCUT2D eigenvalue weighted by Gasteiger charge is 2.18. The molecule has 1 unspecified atom stereocenters. The van der Waals surface area contributed by atoms with Crippen LogP contribution in [0.4, 0.5) is 5.82 Å². The largest absolute Gasteiger partial charge is 0.497 e. The van der Waals surface area contributed by atoms with Crippen molar-refractivity contribution in [2.75, 3.05) is 20.0 Å². The zero-order valence-electron chi connectivity index (χ0n) is 11.1. The standard InChI is InChI=1S/C13H16BrN3O2/c1-8(17-13(15)11(14)7-16-17)10-6-9(18-2)4-5-12(10)19-3/h4-8H,15H2,1-3H3. The van der Waals surface area contributed by atoms with Crippen molar-refractivity contribution in [1.29, 1.82) is 0 Å². The zero-order chi connectivity index (χ0) is 14.0. The van der Waals surface area contributed by atoms with Crippen LogP contribution < -0.4 is 15.2 Å². The number of methoxy groups -OCH3 is 2. The summed E-state index contributed by atoms with van der Waals surface area (Å²) in [6, 6.07) is 5.60. The molecule has 1 aromatic carbocycles. The molecule has 0 saturated heterocycles. The van der Waals surface area contributed by atoms with E-state index in [1.54, 1.807) is 25.1 Å². The number of anilines is 1. The summed E-state index contributed by atoms with van der Waals surface area (Å²) in [5, 5.41) is 4.27. The molecule has 5 nitrogen and oxygen atoms in total. The van der Waals surface area contributed by atoms with Gasteiger partial charge in [0.15, 0.2) is 0 Å². The second-order valence-electron chi connectivity index (χ2n) is 4.11. The van der Waals surface area contributed by atoms with Crippen molar-refractivity contribution in [1.82, 2.24) is 9.78 Å². The molecule has 0 spiro atoms. The summed E-state index contributed by atoms with van der Waals surface area (Å²) in [5.74, 6) is 2.13. The summed E-state index contributed by atoms with van der Waals surface area (Å²) in [6.07, 6.45) is 1.68. The molecule has 0 saturated carbocycles. The molecule has 0 fully saturated rings. The Labute approximate surface area is 120 Å². The number of halogens is 1. The van der Waals surface area contributed by atoms with Crippen LogP contribution in [0.2, 0.25) is 0 Å². The predicted octanol–water partition coefficient (Wildman–Crippen LogP) is 2.85. The van der Waals surface area contributed by atoms with Gasteiger partial charge in [-0.3, -0.25) is 0 Å². The monoisotopic (exact) mass is 325 g/mol. The molecule has 2 aromatic rings. The molecule has 2 rings (SSSR count). The first-order valence-corrected chi connectivity index (χ1v) is 6.58. The van der Waals surface area contributed by atoms with Gasteiger partial charge in [-0.05, 0) is 41.1 Å². The van der Waals surface area contributed by atoms with Crippen LogP contribution in [0, 0.1) is 0 Å². The third-order valence-electron chi connectivity index (χ3n) is 3.04. The molecule has 1 aromatic heterocycles. The Morgan fingerprint density at radius 1 is 1.32 bits per heavy atom. The summed E-state index contributed by atoms with van der Waals surface area (Å²) in [7, 11) is 3.27. The number of benzene rings is 1. The van der Waals surface area contributed by atoms with Crippen LogP contribution in [-0.2, 0) is 0 Å². The molecule has 2 N–H and O–H groups in total. The van der Waals surface area contributed by atoms with Crippen molar-refractivity contribution in [2.24, 2.45) is 0 Å². The number of nitrogen functional groups attached to an aromatic ring is 1. The van der Waals surface area contributed by atoms with E-state index in [-0.39, 0.29) is 6.04 Å². The SMILES string of the molecule is COc1ccc(OC)c(C(C)n2ncc(Br)c2N)c1. The second-order valence-corrected chi connectivity index (χ2v) is 4.96. The zero-order valence-corrected chi connectivity index (χ0v) is 12.6. The minimum Gasteiger partial charge on any atom is -0.497 e. The fourth-order valence-electron chi connectivity index (χ4n) is 1.96. The maximum absolute atomic E-state index is 5.98. The number of nitrogens with zero attached hydrogens (tertiary/aromatic N) is 2. The lowest BCUT2D eigenvalue weighted by molar-refractivity contribution is 0.391. The summed E-state index contributed by atoms with van der Waals surface area (Å²) in [4.78, 5) is 0.